The number of rotatable bonds is 5. The molecule has 0 bridgehead atoms. The Hall–Kier alpha value is -0.590. The maximum absolute atomic E-state index is 10.7. The zero-order chi connectivity index (χ0) is 8.69. The van der Waals surface area contributed by atoms with Crippen LogP contribution in [-0.4, -0.2) is 5.78 Å². The normalized spacial score (nSPS) is 13.7. The fourth-order valence-corrected chi connectivity index (χ4v) is 1.07. The van der Waals surface area contributed by atoms with E-state index in [2.05, 4.69) is 26.0 Å². The predicted molar refractivity (Wildman–Crippen MR) is 48.5 cm³/mol. The number of carbonyl (C=O) groups is 1. The minimum atomic E-state index is 0.294. The highest BCUT2D eigenvalue weighted by Crippen LogP contribution is 2.08. The van der Waals surface area contributed by atoms with E-state index in [-0.39, 0.29) is 0 Å². The highest BCUT2D eigenvalue weighted by atomic mass is 16.1. The summed E-state index contributed by atoms with van der Waals surface area (Å²) in [7, 11) is 0. The number of allylic oxidation sites excluding steroid dienone is 2. The molecule has 1 nitrogen and oxygen atoms in total. The molecule has 1 heteroatoms. The fraction of sp³-hybridized carbons (Fsp3) is 0.700. The van der Waals surface area contributed by atoms with Crippen LogP contribution in [-0.2, 0) is 4.79 Å². The fourth-order valence-electron chi connectivity index (χ4n) is 1.07. The van der Waals surface area contributed by atoms with Gasteiger partial charge in [0.1, 0.15) is 5.78 Å². The van der Waals surface area contributed by atoms with Crippen LogP contribution in [0, 0.1) is 5.92 Å². The smallest absolute Gasteiger partial charge is 0.130 e. The first-order valence-electron chi connectivity index (χ1n) is 4.31. The molecule has 0 saturated carbocycles. The summed E-state index contributed by atoms with van der Waals surface area (Å²) < 4.78 is 0. The molecule has 0 aliphatic rings. The molecule has 0 spiro atoms. The lowest BCUT2D eigenvalue weighted by atomic mass is 10.0. The van der Waals surface area contributed by atoms with E-state index >= 15 is 0 Å². The Morgan fingerprint density at radius 3 is 2.55 bits per heavy atom. The van der Waals surface area contributed by atoms with E-state index in [0.29, 0.717) is 18.1 Å². The van der Waals surface area contributed by atoms with Crippen molar-refractivity contribution in [1.82, 2.24) is 0 Å². The van der Waals surface area contributed by atoms with E-state index in [0.717, 1.165) is 12.8 Å². The summed E-state index contributed by atoms with van der Waals surface area (Å²) in [6.45, 7) is 5.88. The standard InChI is InChI=1S/C10H18O/c1-4-5-6-7-9(2)8-10(3)11/h5-6,9H,4,7-8H2,1-3H3. The average Bonchev–Trinajstić information content (AvgIpc) is 1.86. The lowest BCUT2D eigenvalue weighted by Crippen LogP contribution is -1.99. The number of Topliss-reactive ketones (excluding diaryl/α,β-unsaturated/α-hetero) is 1. The second-order valence-electron chi connectivity index (χ2n) is 3.13. The van der Waals surface area contributed by atoms with Crippen LogP contribution in [0.15, 0.2) is 12.2 Å². The Labute approximate surface area is 69.5 Å². The Morgan fingerprint density at radius 1 is 1.45 bits per heavy atom. The topological polar surface area (TPSA) is 17.1 Å². The van der Waals surface area contributed by atoms with Crippen LogP contribution in [0.3, 0.4) is 0 Å². The van der Waals surface area contributed by atoms with Crippen molar-refractivity contribution in [3.8, 4) is 0 Å². The van der Waals surface area contributed by atoms with E-state index < -0.39 is 0 Å². The van der Waals surface area contributed by atoms with E-state index in [4.69, 9.17) is 0 Å². The molecule has 0 aliphatic heterocycles. The van der Waals surface area contributed by atoms with Gasteiger partial charge in [-0.25, -0.2) is 0 Å². The lowest BCUT2D eigenvalue weighted by Gasteiger charge is -2.03. The Morgan fingerprint density at radius 2 is 2.09 bits per heavy atom. The van der Waals surface area contributed by atoms with Crippen molar-refractivity contribution in [3.63, 3.8) is 0 Å². The molecule has 0 rings (SSSR count). The minimum absolute atomic E-state index is 0.294. The van der Waals surface area contributed by atoms with Gasteiger partial charge in [-0.1, -0.05) is 26.0 Å². The largest absolute Gasteiger partial charge is 0.300 e. The molecule has 0 aromatic carbocycles. The molecule has 0 amide bonds. The zero-order valence-electron chi connectivity index (χ0n) is 7.76. The highest BCUT2D eigenvalue weighted by Gasteiger charge is 2.01. The van der Waals surface area contributed by atoms with Crippen molar-refractivity contribution >= 4 is 5.78 Å². The summed E-state index contributed by atoms with van der Waals surface area (Å²) >= 11 is 0. The Kier molecular flexibility index (Phi) is 5.81. The molecule has 0 saturated heterocycles. The molecule has 0 aromatic heterocycles. The predicted octanol–water partition coefficient (Wildman–Crippen LogP) is 2.96. The van der Waals surface area contributed by atoms with Gasteiger partial charge in [0.25, 0.3) is 0 Å². The summed E-state index contributed by atoms with van der Waals surface area (Å²) in [6, 6.07) is 0. The van der Waals surface area contributed by atoms with Crippen LogP contribution in [0.5, 0.6) is 0 Å². The van der Waals surface area contributed by atoms with Crippen LogP contribution in [0.4, 0.5) is 0 Å². The first-order valence-corrected chi connectivity index (χ1v) is 4.31. The van der Waals surface area contributed by atoms with Crippen molar-refractivity contribution in [1.29, 1.82) is 0 Å². The number of hydrogen-bond donors (Lipinski definition) is 0. The van der Waals surface area contributed by atoms with Gasteiger partial charge < -0.3 is 4.79 Å². The van der Waals surface area contributed by atoms with E-state index in [1.54, 1.807) is 6.92 Å². The molecule has 0 aliphatic carbocycles. The monoisotopic (exact) mass is 154 g/mol. The zero-order valence-corrected chi connectivity index (χ0v) is 7.76. The summed E-state index contributed by atoms with van der Waals surface area (Å²) in [4.78, 5) is 10.7. The molecule has 0 radical (unpaired) electrons. The third kappa shape index (κ3) is 7.31. The van der Waals surface area contributed by atoms with Crippen molar-refractivity contribution in [2.75, 3.05) is 0 Å². The summed E-state index contributed by atoms with van der Waals surface area (Å²) in [5.74, 6) is 0.803. The van der Waals surface area contributed by atoms with Crippen molar-refractivity contribution < 1.29 is 4.79 Å². The molecule has 0 aromatic rings. The van der Waals surface area contributed by atoms with Crippen molar-refractivity contribution in [2.24, 2.45) is 5.92 Å². The Balaban J connectivity index is 3.44. The third-order valence-electron chi connectivity index (χ3n) is 1.58. The quantitative estimate of drug-likeness (QED) is 0.556. The van der Waals surface area contributed by atoms with Gasteiger partial charge in [-0.05, 0) is 25.7 Å². The number of carbonyl (C=O) groups excluding carboxylic acids is 1. The van der Waals surface area contributed by atoms with Gasteiger partial charge >= 0.3 is 0 Å². The molecular formula is C10H18O. The third-order valence-corrected chi connectivity index (χ3v) is 1.58. The first-order chi connectivity index (χ1) is 5.16. The van der Waals surface area contributed by atoms with Crippen LogP contribution in [0.1, 0.15) is 40.0 Å². The second-order valence-corrected chi connectivity index (χ2v) is 3.13. The van der Waals surface area contributed by atoms with E-state index in [1.807, 2.05) is 0 Å². The highest BCUT2D eigenvalue weighted by molar-refractivity contribution is 5.75. The van der Waals surface area contributed by atoms with Gasteiger partial charge in [0.15, 0.2) is 0 Å². The van der Waals surface area contributed by atoms with Gasteiger partial charge in [0.2, 0.25) is 0 Å². The van der Waals surface area contributed by atoms with Gasteiger partial charge in [-0.3, -0.25) is 0 Å². The molecule has 0 fully saturated rings. The summed E-state index contributed by atoms with van der Waals surface area (Å²) in [5.41, 5.74) is 0. The average molecular weight is 154 g/mol. The van der Waals surface area contributed by atoms with Crippen molar-refractivity contribution in [3.05, 3.63) is 12.2 Å². The van der Waals surface area contributed by atoms with Gasteiger partial charge in [-0.15, -0.1) is 0 Å². The van der Waals surface area contributed by atoms with Gasteiger partial charge in [0.05, 0.1) is 0 Å². The molecule has 1 atom stereocenters. The summed E-state index contributed by atoms with van der Waals surface area (Å²) in [6.07, 6.45) is 7.15. The summed E-state index contributed by atoms with van der Waals surface area (Å²) in [5, 5.41) is 0. The van der Waals surface area contributed by atoms with E-state index in [9.17, 15) is 4.79 Å². The van der Waals surface area contributed by atoms with Gasteiger partial charge in [0, 0.05) is 6.42 Å². The van der Waals surface area contributed by atoms with Gasteiger partial charge in [-0.2, -0.15) is 0 Å². The maximum atomic E-state index is 10.7. The molecule has 0 heterocycles. The lowest BCUT2D eigenvalue weighted by molar-refractivity contribution is -0.117. The van der Waals surface area contributed by atoms with Crippen LogP contribution in [0.2, 0.25) is 0 Å². The number of ketones is 1. The molecular weight excluding hydrogens is 136 g/mol. The molecule has 11 heavy (non-hydrogen) atoms. The Bertz CT molecular complexity index is 136. The minimum Gasteiger partial charge on any atom is -0.300 e. The molecule has 1 unspecified atom stereocenters. The molecule has 0 N–H and O–H groups in total. The molecule has 64 valence electrons. The van der Waals surface area contributed by atoms with Crippen LogP contribution in [0.25, 0.3) is 0 Å². The maximum Gasteiger partial charge on any atom is 0.130 e. The van der Waals surface area contributed by atoms with E-state index in [1.165, 1.54) is 0 Å². The van der Waals surface area contributed by atoms with Crippen LogP contribution < -0.4 is 0 Å². The first kappa shape index (κ1) is 10.4. The SMILES string of the molecule is CCC=CCC(C)CC(C)=O. The van der Waals surface area contributed by atoms with Crippen LogP contribution >= 0.6 is 0 Å². The second kappa shape index (κ2) is 6.14. The number of hydrogen-bond acceptors (Lipinski definition) is 1. The van der Waals surface area contributed by atoms with Crippen molar-refractivity contribution in [2.45, 2.75) is 40.0 Å².